The molecule has 0 radical (unpaired) electrons. The first-order valence-electron chi connectivity index (χ1n) is 15.6. The highest BCUT2D eigenvalue weighted by Gasteiger charge is 2.22. The van der Waals surface area contributed by atoms with E-state index < -0.39 is 0 Å². The molecule has 0 aromatic heterocycles. The number of hydrogen-bond donors (Lipinski definition) is 0. The largest absolute Gasteiger partial charge is 0.0955 e. The van der Waals surface area contributed by atoms with Gasteiger partial charge in [0.25, 0.3) is 0 Å². The number of allylic oxidation sites excluding steroid dienone is 2. The maximum Gasteiger partial charge on any atom is -0.00704 e. The Balaban J connectivity index is 0.000000771. The summed E-state index contributed by atoms with van der Waals surface area (Å²) in [5, 5.41) is 0. The quantitative estimate of drug-likeness (QED) is 0.249. The molecule has 0 saturated carbocycles. The number of rotatable bonds is 10. The van der Waals surface area contributed by atoms with Crippen LogP contribution in [0.5, 0.6) is 0 Å². The third-order valence-electron chi connectivity index (χ3n) is 8.23. The third kappa shape index (κ3) is 8.31. The van der Waals surface area contributed by atoms with Crippen molar-refractivity contribution >= 4 is 16.7 Å². The van der Waals surface area contributed by atoms with E-state index in [1.807, 2.05) is 0 Å². The Bertz CT molecular complexity index is 1240. The number of benzene rings is 3. The lowest BCUT2D eigenvalue weighted by molar-refractivity contribution is 0.462. The second kappa shape index (κ2) is 15.7. The summed E-state index contributed by atoms with van der Waals surface area (Å²) in [4.78, 5) is 0. The Kier molecular flexibility index (Phi) is 12.3. The molecule has 208 valence electrons. The van der Waals surface area contributed by atoms with Gasteiger partial charge in [0.15, 0.2) is 0 Å². The molecule has 3 aromatic rings. The topological polar surface area (TPSA) is 0 Å². The minimum Gasteiger partial charge on any atom is -0.0955 e. The lowest BCUT2D eigenvalue weighted by Crippen LogP contribution is -2.04. The summed E-state index contributed by atoms with van der Waals surface area (Å²) in [6, 6.07) is 25.3. The first-order chi connectivity index (χ1) is 18.9. The van der Waals surface area contributed by atoms with E-state index in [-0.39, 0.29) is 0 Å². The van der Waals surface area contributed by atoms with E-state index in [0.29, 0.717) is 0 Å². The van der Waals surface area contributed by atoms with Gasteiger partial charge < -0.3 is 0 Å². The van der Waals surface area contributed by atoms with E-state index in [2.05, 4.69) is 115 Å². The van der Waals surface area contributed by atoms with Gasteiger partial charge in [-0.3, -0.25) is 0 Å². The minimum atomic E-state index is 0.768. The molecule has 0 amide bonds. The van der Waals surface area contributed by atoms with Crippen LogP contribution in [0.3, 0.4) is 0 Å². The Hall–Kier alpha value is -2.86. The molecule has 1 atom stereocenters. The normalized spacial score (nSPS) is 13.7. The van der Waals surface area contributed by atoms with Crippen molar-refractivity contribution in [1.82, 2.24) is 0 Å². The standard InChI is InChI=1S/C34H40.C5H12/c1-6-12-26(7-2)21-27-14-10-16-30(22-27)34-32-20-19-28(24(3)4)23-29(32)15-11-18-33(34)31-17-9-8-13-25(31)5;1-3-5-4-2/h8-10,13-14,16-17,19-20,22-23,26H,3,6-7,11-12,15,18,21H2,1-2,4-5H3;3-5H2,1-2H3. The van der Waals surface area contributed by atoms with Gasteiger partial charge in [-0.2, -0.15) is 0 Å². The minimum absolute atomic E-state index is 0.768. The first-order valence-corrected chi connectivity index (χ1v) is 15.6. The van der Waals surface area contributed by atoms with E-state index in [9.17, 15) is 0 Å². The third-order valence-corrected chi connectivity index (χ3v) is 8.23. The van der Waals surface area contributed by atoms with Crippen LogP contribution >= 0.6 is 0 Å². The van der Waals surface area contributed by atoms with Crippen LogP contribution in [0.4, 0.5) is 0 Å². The molecular formula is C39H52. The van der Waals surface area contributed by atoms with E-state index in [0.717, 1.165) is 24.3 Å². The number of aryl methyl sites for hydroxylation is 2. The second-order valence-electron chi connectivity index (χ2n) is 11.5. The van der Waals surface area contributed by atoms with Crippen LogP contribution in [0.1, 0.15) is 125 Å². The molecule has 0 heterocycles. The molecule has 0 spiro atoms. The lowest BCUT2D eigenvalue weighted by atomic mass is 9.84. The molecule has 0 heteroatoms. The van der Waals surface area contributed by atoms with Crippen LogP contribution in [-0.4, -0.2) is 0 Å². The predicted octanol–water partition coefficient (Wildman–Crippen LogP) is 11.9. The van der Waals surface area contributed by atoms with E-state index in [4.69, 9.17) is 0 Å². The molecule has 3 aromatic carbocycles. The SMILES string of the molecule is C=C(C)c1ccc2c(c1)CCCC(c1ccccc1C)=C2c1cccc(CC(CC)CCC)c1.CCCCC. The van der Waals surface area contributed by atoms with Gasteiger partial charge in [-0.25, -0.2) is 0 Å². The van der Waals surface area contributed by atoms with Gasteiger partial charge in [-0.1, -0.05) is 145 Å². The van der Waals surface area contributed by atoms with Gasteiger partial charge in [0.1, 0.15) is 0 Å². The second-order valence-corrected chi connectivity index (χ2v) is 11.5. The molecule has 1 unspecified atom stereocenters. The Morgan fingerprint density at radius 2 is 1.59 bits per heavy atom. The van der Waals surface area contributed by atoms with Gasteiger partial charge in [0.05, 0.1) is 0 Å². The van der Waals surface area contributed by atoms with Crippen molar-refractivity contribution < 1.29 is 0 Å². The van der Waals surface area contributed by atoms with Crippen molar-refractivity contribution in [2.24, 2.45) is 5.92 Å². The number of hydrogen-bond acceptors (Lipinski definition) is 0. The molecule has 0 fully saturated rings. The lowest BCUT2D eigenvalue weighted by Gasteiger charge is -2.20. The van der Waals surface area contributed by atoms with Crippen molar-refractivity contribution in [2.45, 2.75) is 106 Å². The fraction of sp³-hybridized carbons (Fsp3) is 0.436. The summed E-state index contributed by atoms with van der Waals surface area (Å²) in [6.45, 7) is 17.6. The van der Waals surface area contributed by atoms with Crippen LogP contribution in [0, 0.1) is 12.8 Å². The summed E-state index contributed by atoms with van der Waals surface area (Å²) in [5.74, 6) is 0.768. The number of fused-ring (bicyclic) bond motifs is 1. The smallest absolute Gasteiger partial charge is 0.00704 e. The maximum atomic E-state index is 4.20. The fourth-order valence-electron chi connectivity index (χ4n) is 5.96. The highest BCUT2D eigenvalue weighted by atomic mass is 14.3. The van der Waals surface area contributed by atoms with Gasteiger partial charge in [0.2, 0.25) is 0 Å². The Morgan fingerprint density at radius 3 is 2.23 bits per heavy atom. The molecule has 1 aliphatic rings. The van der Waals surface area contributed by atoms with Gasteiger partial charge >= 0.3 is 0 Å². The Morgan fingerprint density at radius 1 is 0.821 bits per heavy atom. The van der Waals surface area contributed by atoms with Gasteiger partial charge in [-0.05, 0) is 95.5 Å². The van der Waals surface area contributed by atoms with Crippen LogP contribution < -0.4 is 0 Å². The van der Waals surface area contributed by atoms with E-state index in [1.165, 1.54) is 101 Å². The Labute approximate surface area is 240 Å². The number of unbranched alkanes of at least 4 members (excludes halogenated alkanes) is 2. The highest BCUT2D eigenvalue weighted by Crippen LogP contribution is 2.41. The molecule has 0 N–H and O–H groups in total. The summed E-state index contributed by atoms with van der Waals surface area (Å²) in [6.07, 6.45) is 12.5. The molecule has 0 nitrogen and oxygen atoms in total. The van der Waals surface area contributed by atoms with Crippen molar-refractivity contribution in [3.63, 3.8) is 0 Å². The van der Waals surface area contributed by atoms with Crippen molar-refractivity contribution in [2.75, 3.05) is 0 Å². The zero-order chi connectivity index (χ0) is 28.2. The summed E-state index contributed by atoms with van der Waals surface area (Å²) < 4.78 is 0. The summed E-state index contributed by atoms with van der Waals surface area (Å²) in [5.41, 5.74) is 13.8. The highest BCUT2D eigenvalue weighted by molar-refractivity contribution is 6.00. The molecule has 4 rings (SSSR count). The van der Waals surface area contributed by atoms with Crippen molar-refractivity contribution in [3.05, 3.63) is 112 Å². The van der Waals surface area contributed by atoms with Crippen LogP contribution in [0.2, 0.25) is 0 Å². The van der Waals surface area contributed by atoms with Crippen molar-refractivity contribution in [1.29, 1.82) is 0 Å². The van der Waals surface area contributed by atoms with Crippen LogP contribution in [0.25, 0.3) is 16.7 Å². The first kappa shape index (κ1) is 30.7. The zero-order valence-corrected chi connectivity index (χ0v) is 25.7. The fourth-order valence-corrected chi connectivity index (χ4v) is 5.96. The molecule has 39 heavy (non-hydrogen) atoms. The molecule has 1 aliphatic carbocycles. The van der Waals surface area contributed by atoms with Gasteiger partial charge in [0, 0.05) is 0 Å². The zero-order valence-electron chi connectivity index (χ0n) is 25.7. The monoisotopic (exact) mass is 520 g/mol. The van der Waals surface area contributed by atoms with Crippen LogP contribution in [-0.2, 0) is 12.8 Å². The van der Waals surface area contributed by atoms with Crippen LogP contribution in [0.15, 0.2) is 73.3 Å². The molecule has 0 aliphatic heterocycles. The van der Waals surface area contributed by atoms with Crippen molar-refractivity contribution in [3.8, 4) is 0 Å². The average molecular weight is 521 g/mol. The van der Waals surface area contributed by atoms with E-state index in [1.54, 1.807) is 0 Å². The summed E-state index contributed by atoms with van der Waals surface area (Å²) >= 11 is 0. The predicted molar refractivity (Wildman–Crippen MR) is 175 cm³/mol. The van der Waals surface area contributed by atoms with Gasteiger partial charge in [-0.15, -0.1) is 0 Å². The van der Waals surface area contributed by atoms with E-state index >= 15 is 0 Å². The average Bonchev–Trinajstić information content (AvgIpc) is 3.13. The summed E-state index contributed by atoms with van der Waals surface area (Å²) in [7, 11) is 0. The molecular weight excluding hydrogens is 468 g/mol. The molecule has 0 saturated heterocycles. The maximum absolute atomic E-state index is 4.20. The molecule has 0 bridgehead atoms.